The van der Waals surface area contributed by atoms with Crippen LogP contribution < -0.4 is 5.32 Å². The molecule has 3 nitrogen and oxygen atoms in total. The number of thioether (sulfide) groups is 1. The molecule has 1 aliphatic carbocycles. The Morgan fingerprint density at radius 1 is 1.39 bits per heavy atom. The largest absolute Gasteiger partial charge is 0.362 e. The second-order valence-corrected chi connectivity index (χ2v) is 6.88. The number of fused-ring (bicyclic) bond motifs is 1. The van der Waals surface area contributed by atoms with E-state index in [0.29, 0.717) is 12.1 Å². The Hall–Kier alpha value is -0.220. The van der Waals surface area contributed by atoms with Gasteiger partial charge in [0.25, 0.3) is 0 Å². The van der Waals surface area contributed by atoms with Gasteiger partial charge in [0.2, 0.25) is 0 Å². The average molecular weight is 269 g/mol. The molecule has 1 N–H and O–H groups in total. The maximum absolute atomic E-state index is 4.72. The molecule has 0 spiro atoms. The maximum atomic E-state index is 4.72. The van der Waals surface area contributed by atoms with Crippen molar-refractivity contribution in [1.82, 2.24) is 10.2 Å². The van der Waals surface area contributed by atoms with Gasteiger partial charge < -0.3 is 10.2 Å². The van der Waals surface area contributed by atoms with E-state index in [4.69, 9.17) is 4.99 Å². The molecule has 2 atom stereocenters. The van der Waals surface area contributed by atoms with Gasteiger partial charge in [-0.05, 0) is 39.7 Å². The molecule has 1 aliphatic heterocycles. The molecule has 1 saturated carbocycles. The normalized spacial score (nSPS) is 30.6. The predicted octanol–water partition coefficient (Wildman–Crippen LogP) is 2.58. The summed E-state index contributed by atoms with van der Waals surface area (Å²) in [5.41, 5.74) is 0. The molecule has 4 heteroatoms. The van der Waals surface area contributed by atoms with E-state index in [9.17, 15) is 0 Å². The maximum Gasteiger partial charge on any atom is 0.156 e. The number of hydrogen-bond donors (Lipinski definition) is 1. The molecular formula is C14H27N3S. The molecule has 1 heterocycles. The summed E-state index contributed by atoms with van der Waals surface area (Å²) < 4.78 is 0. The van der Waals surface area contributed by atoms with E-state index in [0.717, 1.165) is 19.0 Å². The Balaban J connectivity index is 1.76. The van der Waals surface area contributed by atoms with Crippen molar-refractivity contribution in [1.29, 1.82) is 0 Å². The van der Waals surface area contributed by atoms with Crippen LogP contribution in [0.4, 0.5) is 0 Å². The van der Waals surface area contributed by atoms with Crippen LogP contribution in [0.5, 0.6) is 0 Å². The first-order chi connectivity index (χ1) is 8.66. The summed E-state index contributed by atoms with van der Waals surface area (Å²) in [6, 6.07) is 1.32. The second-order valence-electron chi connectivity index (χ2n) is 5.87. The topological polar surface area (TPSA) is 27.6 Å². The summed E-state index contributed by atoms with van der Waals surface area (Å²) in [4.78, 5) is 7.07. The Kier molecular flexibility index (Phi) is 5.37. The third-order valence-electron chi connectivity index (χ3n) is 4.24. The molecule has 0 bridgehead atoms. The van der Waals surface area contributed by atoms with E-state index in [2.05, 4.69) is 31.1 Å². The van der Waals surface area contributed by atoms with E-state index in [1.165, 1.54) is 36.6 Å². The number of nitrogens with zero attached hydrogens (tertiary/aromatic N) is 2. The standard InChI is InChI=1S/C14H27N3S/c1-11(2)17(3)9-8-15-14-16-13-7-5-4-6-12(13)10-18-14/h11-13H,4-10H2,1-3H3,(H,15,16). The predicted molar refractivity (Wildman–Crippen MR) is 81.4 cm³/mol. The van der Waals surface area contributed by atoms with E-state index in [-0.39, 0.29) is 0 Å². The first-order valence-electron chi connectivity index (χ1n) is 7.31. The molecular weight excluding hydrogens is 242 g/mol. The Bertz CT molecular complexity index is 291. The Morgan fingerprint density at radius 2 is 2.17 bits per heavy atom. The molecule has 2 rings (SSSR count). The summed E-state index contributed by atoms with van der Waals surface area (Å²) in [6.07, 6.45) is 5.57. The number of amidine groups is 1. The molecule has 0 aromatic heterocycles. The first kappa shape index (κ1) is 14.2. The van der Waals surface area contributed by atoms with Crippen molar-refractivity contribution in [3.8, 4) is 0 Å². The van der Waals surface area contributed by atoms with Crippen molar-refractivity contribution in [2.45, 2.75) is 51.6 Å². The molecule has 0 radical (unpaired) electrons. The van der Waals surface area contributed by atoms with Gasteiger partial charge in [0.1, 0.15) is 0 Å². The van der Waals surface area contributed by atoms with Crippen LogP contribution in [-0.4, -0.2) is 48.0 Å². The van der Waals surface area contributed by atoms with Crippen LogP contribution >= 0.6 is 11.8 Å². The molecule has 0 amide bonds. The Morgan fingerprint density at radius 3 is 2.94 bits per heavy atom. The quantitative estimate of drug-likeness (QED) is 0.850. The molecule has 2 aliphatic rings. The fourth-order valence-corrected chi connectivity index (χ4v) is 3.83. The minimum absolute atomic E-state index is 0.611. The third-order valence-corrected chi connectivity index (χ3v) is 5.36. The highest BCUT2D eigenvalue weighted by Crippen LogP contribution is 2.31. The van der Waals surface area contributed by atoms with E-state index >= 15 is 0 Å². The molecule has 18 heavy (non-hydrogen) atoms. The van der Waals surface area contributed by atoms with Crippen molar-refractivity contribution < 1.29 is 0 Å². The summed E-state index contributed by atoms with van der Waals surface area (Å²) in [7, 11) is 2.17. The summed E-state index contributed by atoms with van der Waals surface area (Å²) in [6.45, 7) is 6.43. The van der Waals surface area contributed by atoms with Gasteiger partial charge in [0, 0.05) is 24.4 Å². The smallest absolute Gasteiger partial charge is 0.156 e. The minimum Gasteiger partial charge on any atom is -0.362 e. The lowest BCUT2D eigenvalue weighted by Crippen LogP contribution is -2.46. The Labute approximate surface area is 116 Å². The van der Waals surface area contributed by atoms with Gasteiger partial charge in [-0.2, -0.15) is 0 Å². The van der Waals surface area contributed by atoms with Crippen molar-refractivity contribution in [3.63, 3.8) is 0 Å². The number of nitrogens with one attached hydrogen (secondary N) is 1. The number of aliphatic imine (C=N–C) groups is 1. The highest BCUT2D eigenvalue weighted by Gasteiger charge is 2.29. The van der Waals surface area contributed by atoms with E-state index in [1.807, 2.05) is 11.8 Å². The zero-order chi connectivity index (χ0) is 13.0. The van der Waals surface area contributed by atoms with Gasteiger partial charge in [0.05, 0.1) is 6.54 Å². The van der Waals surface area contributed by atoms with Gasteiger partial charge in [-0.15, -0.1) is 0 Å². The zero-order valence-corrected chi connectivity index (χ0v) is 12.8. The summed E-state index contributed by atoms with van der Waals surface area (Å²) >= 11 is 1.93. The van der Waals surface area contributed by atoms with Gasteiger partial charge in [0.15, 0.2) is 5.17 Å². The van der Waals surface area contributed by atoms with E-state index < -0.39 is 0 Å². The molecule has 2 unspecified atom stereocenters. The first-order valence-corrected chi connectivity index (χ1v) is 8.29. The van der Waals surface area contributed by atoms with Crippen LogP contribution in [0.2, 0.25) is 0 Å². The van der Waals surface area contributed by atoms with Crippen molar-refractivity contribution >= 4 is 16.9 Å². The number of hydrogen-bond acceptors (Lipinski definition) is 3. The fourth-order valence-electron chi connectivity index (χ4n) is 2.64. The van der Waals surface area contributed by atoms with Crippen LogP contribution in [0.25, 0.3) is 0 Å². The van der Waals surface area contributed by atoms with Crippen LogP contribution in [0.3, 0.4) is 0 Å². The van der Waals surface area contributed by atoms with Gasteiger partial charge in [-0.25, -0.2) is 0 Å². The highest BCUT2D eigenvalue weighted by atomic mass is 32.2. The zero-order valence-electron chi connectivity index (χ0n) is 12.0. The van der Waals surface area contributed by atoms with E-state index in [1.54, 1.807) is 0 Å². The SMILES string of the molecule is CC(C)N(C)CCN=C1NC2CCCCC2CS1. The number of likely N-dealkylation sites (N-methyl/N-ethyl adjacent to an activating group) is 1. The van der Waals surface area contributed by atoms with Crippen LogP contribution in [-0.2, 0) is 0 Å². The second kappa shape index (κ2) is 6.80. The third kappa shape index (κ3) is 3.89. The molecule has 0 aromatic carbocycles. The number of rotatable bonds is 4. The van der Waals surface area contributed by atoms with Gasteiger partial charge in [-0.1, -0.05) is 24.6 Å². The van der Waals surface area contributed by atoms with Crippen LogP contribution in [0.15, 0.2) is 4.99 Å². The summed E-state index contributed by atoms with van der Waals surface area (Å²) in [5, 5.41) is 4.84. The lowest BCUT2D eigenvalue weighted by atomic mass is 9.86. The van der Waals surface area contributed by atoms with Crippen molar-refractivity contribution in [2.24, 2.45) is 10.9 Å². The fraction of sp³-hybridized carbons (Fsp3) is 0.929. The van der Waals surface area contributed by atoms with Gasteiger partial charge >= 0.3 is 0 Å². The van der Waals surface area contributed by atoms with Gasteiger partial charge in [-0.3, -0.25) is 4.99 Å². The molecule has 0 aromatic rings. The lowest BCUT2D eigenvalue weighted by molar-refractivity contribution is 0.281. The highest BCUT2D eigenvalue weighted by molar-refractivity contribution is 8.13. The molecule has 2 fully saturated rings. The lowest BCUT2D eigenvalue weighted by Gasteiger charge is -2.37. The summed E-state index contributed by atoms with van der Waals surface area (Å²) in [5.74, 6) is 2.16. The van der Waals surface area contributed by atoms with Crippen molar-refractivity contribution in [2.75, 3.05) is 25.9 Å². The van der Waals surface area contributed by atoms with Crippen molar-refractivity contribution in [3.05, 3.63) is 0 Å². The minimum atomic E-state index is 0.611. The van der Waals surface area contributed by atoms with Crippen LogP contribution in [0.1, 0.15) is 39.5 Å². The molecule has 1 saturated heterocycles. The van der Waals surface area contributed by atoms with Crippen LogP contribution in [0, 0.1) is 5.92 Å². The molecule has 104 valence electrons. The average Bonchev–Trinajstić information content (AvgIpc) is 2.38. The monoisotopic (exact) mass is 269 g/mol.